The molecular weight excluding hydrogens is 236 g/mol. The molecule has 0 saturated carbocycles. The second kappa shape index (κ2) is 5.02. The van der Waals surface area contributed by atoms with Gasteiger partial charge in [0.1, 0.15) is 5.75 Å². The number of hydrogen-bond acceptors (Lipinski definition) is 3. The smallest absolute Gasteiger partial charge is 0.122 e. The highest BCUT2D eigenvalue weighted by atomic mass is 16.5. The van der Waals surface area contributed by atoms with Crippen LogP contribution in [-0.2, 0) is 6.42 Å². The number of aryl methyl sites for hydroxylation is 1. The summed E-state index contributed by atoms with van der Waals surface area (Å²) in [7, 11) is 1.97. The van der Waals surface area contributed by atoms with Crippen LogP contribution in [0.25, 0.3) is 0 Å². The topological polar surface area (TPSA) is 34.1 Å². The lowest BCUT2D eigenvalue weighted by Crippen LogP contribution is -2.19. The first-order chi connectivity index (χ1) is 9.28. The number of hydrogen-bond donors (Lipinski definition) is 1. The van der Waals surface area contributed by atoms with Crippen LogP contribution in [0.5, 0.6) is 5.75 Å². The summed E-state index contributed by atoms with van der Waals surface area (Å²) in [5.74, 6) is 1.02. The minimum Gasteiger partial charge on any atom is -0.493 e. The van der Waals surface area contributed by atoms with E-state index in [4.69, 9.17) is 4.74 Å². The van der Waals surface area contributed by atoms with Gasteiger partial charge in [0.2, 0.25) is 0 Å². The summed E-state index contributed by atoms with van der Waals surface area (Å²) < 4.78 is 5.56. The van der Waals surface area contributed by atoms with E-state index < -0.39 is 0 Å². The zero-order valence-electron chi connectivity index (χ0n) is 11.3. The molecule has 1 aliphatic rings. The van der Waals surface area contributed by atoms with E-state index in [2.05, 4.69) is 40.6 Å². The van der Waals surface area contributed by atoms with Gasteiger partial charge in [-0.2, -0.15) is 0 Å². The molecule has 3 nitrogen and oxygen atoms in total. The molecule has 0 spiro atoms. The SMILES string of the molecule is CNC(c1ccc2c(c1)CCO2)c1cccc(C)n1. The fourth-order valence-corrected chi connectivity index (χ4v) is 2.60. The maximum atomic E-state index is 5.56. The average Bonchev–Trinajstić information content (AvgIpc) is 2.87. The van der Waals surface area contributed by atoms with E-state index in [1.54, 1.807) is 0 Å². The number of nitrogens with zero attached hydrogens (tertiary/aromatic N) is 1. The summed E-state index contributed by atoms with van der Waals surface area (Å²) in [5.41, 5.74) is 4.64. The van der Waals surface area contributed by atoms with E-state index in [1.165, 1.54) is 11.1 Å². The quantitative estimate of drug-likeness (QED) is 0.914. The maximum absolute atomic E-state index is 5.56. The molecule has 0 aliphatic carbocycles. The second-order valence-electron chi connectivity index (χ2n) is 4.89. The Morgan fingerprint density at radius 2 is 2.16 bits per heavy atom. The molecule has 1 N–H and O–H groups in total. The van der Waals surface area contributed by atoms with Crippen molar-refractivity contribution in [2.75, 3.05) is 13.7 Å². The first-order valence-electron chi connectivity index (χ1n) is 6.64. The lowest BCUT2D eigenvalue weighted by atomic mass is 9.99. The van der Waals surface area contributed by atoms with E-state index in [-0.39, 0.29) is 6.04 Å². The molecule has 0 radical (unpaired) electrons. The fraction of sp³-hybridized carbons (Fsp3) is 0.312. The molecule has 19 heavy (non-hydrogen) atoms. The van der Waals surface area contributed by atoms with Crippen molar-refractivity contribution in [1.82, 2.24) is 10.3 Å². The molecular formula is C16H18N2O. The number of aromatic nitrogens is 1. The van der Waals surface area contributed by atoms with Crippen LogP contribution in [0.4, 0.5) is 0 Å². The number of pyridine rings is 1. The zero-order chi connectivity index (χ0) is 13.2. The molecule has 0 saturated heterocycles. The minimum absolute atomic E-state index is 0.130. The van der Waals surface area contributed by atoms with Gasteiger partial charge in [-0.15, -0.1) is 0 Å². The van der Waals surface area contributed by atoms with Crippen molar-refractivity contribution >= 4 is 0 Å². The maximum Gasteiger partial charge on any atom is 0.122 e. The largest absolute Gasteiger partial charge is 0.493 e. The van der Waals surface area contributed by atoms with Gasteiger partial charge in [0.15, 0.2) is 0 Å². The van der Waals surface area contributed by atoms with Crippen molar-refractivity contribution < 1.29 is 4.74 Å². The molecule has 2 heterocycles. The Bertz CT molecular complexity index is 595. The summed E-state index contributed by atoms with van der Waals surface area (Å²) >= 11 is 0. The van der Waals surface area contributed by atoms with E-state index in [9.17, 15) is 0 Å². The number of rotatable bonds is 3. The van der Waals surface area contributed by atoms with E-state index >= 15 is 0 Å². The predicted molar refractivity (Wildman–Crippen MR) is 75.5 cm³/mol. The summed E-state index contributed by atoms with van der Waals surface area (Å²) in [6.07, 6.45) is 1.00. The molecule has 1 atom stereocenters. The number of ether oxygens (including phenoxy) is 1. The van der Waals surface area contributed by atoms with Crippen molar-refractivity contribution in [3.05, 3.63) is 58.9 Å². The highest BCUT2D eigenvalue weighted by Gasteiger charge is 2.18. The Balaban J connectivity index is 1.98. The molecule has 1 aromatic carbocycles. The average molecular weight is 254 g/mol. The van der Waals surface area contributed by atoms with Crippen LogP contribution in [-0.4, -0.2) is 18.6 Å². The minimum atomic E-state index is 0.130. The third-order valence-electron chi connectivity index (χ3n) is 3.54. The molecule has 0 amide bonds. The lowest BCUT2D eigenvalue weighted by Gasteiger charge is -2.17. The standard InChI is InChI=1S/C16H18N2O/c1-11-4-3-5-14(18-11)16(17-2)13-6-7-15-12(10-13)8-9-19-15/h3-7,10,16-17H,8-9H2,1-2H3. The third-order valence-corrected chi connectivity index (χ3v) is 3.54. The van der Waals surface area contributed by atoms with Gasteiger partial charge in [-0.05, 0) is 43.3 Å². The first kappa shape index (κ1) is 12.2. The highest BCUT2D eigenvalue weighted by Crippen LogP contribution is 2.29. The Hall–Kier alpha value is -1.87. The summed E-state index contributed by atoms with van der Waals surface area (Å²) in [4.78, 5) is 4.62. The zero-order valence-corrected chi connectivity index (χ0v) is 11.3. The lowest BCUT2D eigenvalue weighted by molar-refractivity contribution is 0.357. The van der Waals surface area contributed by atoms with Crippen LogP contribution >= 0.6 is 0 Å². The molecule has 1 aliphatic heterocycles. The van der Waals surface area contributed by atoms with Crippen LogP contribution < -0.4 is 10.1 Å². The van der Waals surface area contributed by atoms with E-state index in [0.717, 1.165) is 30.2 Å². The molecule has 1 unspecified atom stereocenters. The fourth-order valence-electron chi connectivity index (χ4n) is 2.60. The van der Waals surface area contributed by atoms with Crippen LogP contribution in [0.1, 0.15) is 28.6 Å². The van der Waals surface area contributed by atoms with Gasteiger partial charge in [0.05, 0.1) is 18.3 Å². The van der Waals surface area contributed by atoms with Crippen LogP contribution in [0, 0.1) is 6.92 Å². The molecule has 0 bridgehead atoms. The second-order valence-corrected chi connectivity index (χ2v) is 4.89. The van der Waals surface area contributed by atoms with Gasteiger partial charge >= 0.3 is 0 Å². The van der Waals surface area contributed by atoms with Crippen LogP contribution in [0.15, 0.2) is 36.4 Å². The molecule has 3 rings (SSSR count). The van der Waals surface area contributed by atoms with Gasteiger partial charge < -0.3 is 10.1 Å². The summed E-state index contributed by atoms with van der Waals surface area (Å²) in [5, 5.41) is 3.35. The Labute approximate surface area is 113 Å². The Morgan fingerprint density at radius 1 is 1.26 bits per heavy atom. The third kappa shape index (κ3) is 2.34. The van der Waals surface area contributed by atoms with Crippen molar-refractivity contribution in [3.8, 4) is 5.75 Å². The molecule has 0 fully saturated rings. The van der Waals surface area contributed by atoms with Crippen LogP contribution in [0.2, 0.25) is 0 Å². The van der Waals surface area contributed by atoms with Gasteiger partial charge in [-0.3, -0.25) is 4.98 Å². The van der Waals surface area contributed by atoms with Gasteiger partial charge in [0.25, 0.3) is 0 Å². The Morgan fingerprint density at radius 3 is 2.95 bits per heavy atom. The van der Waals surface area contributed by atoms with Crippen molar-refractivity contribution in [2.45, 2.75) is 19.4 Å². The monoisotopic (exact) mass is 254 g/mol. The summed E-state index contributed by atoms with van der Waals surface area (Å²) in [6, 6.07) is 12.7. The van der Waals surface area contributed by atoms with E-state index in [0.29, 0.717) is 0 Å². The highest BCUT2D eigenvalue weighted by molar-refractivity contribution is 5.42. The number of nitrogens with one attached hydrogen (secondary N) is 1. The predicted octanol–water partition coefficient (Wildman–Crippen LogP) is 2.63. The summed E-state index contributed by atoms with van der Waals surface area (Å²) in [6.45, 7) is 2.82. The van der Waals surface area contributed by atoms with Crippen molar-refractivity contribution in [2.24, 2.45) is 0 Å². The van der Waals surface area contributed by atoms with Crippen molar-refractivity contribution in [1.29, 1.82) is 0 Å². The van der Waals surface area contributed by atoms with Crippen molar-refractivity contribution in [3.63, 3.8) is 0 Å². The number of fused-ring (bicyclic) bond motifs is 1. The number of benzene rings is 1. The van der Waals surface area contributed by atoms with Gasteiger partial charge in [0, 0.05) is 12.1 Å². The van der Waals surface area contributed by atoms with Gasteiger partial charge in [-0.25, -0.2) is 0 Å². The Kier molecular flexibility index (Phi) is 3.22. The molecule has 2 aromatic rings. The molecule has 1 aromatic heterocycles. The molecule has 98 valence electrons. The molecule has 3 heteroatoms. The first-order valence-corrected chi connectivity index (χ1v) is 6.64. The van der Waals surface area contributed by atoms with Gasteiger partial charge in [-0.1, -0.05) is 18.2 Å². The van der Waals surface area contributed by atoms with Crippen LogP contribution in [0.3, 0.4) is 0 Å². The normalized spacial score (nSPS) is 14.8. The van der Waals surface area contributed by atoms with E-state index in [1.807, 2.05) is 20.0 Å².